The largest absolute Gasteiger partial charge is 0.481 e. The highest BCUT2D eigenvalue weighted by Crippen LogP contribution is 2.02. The van der Waals surface area contributed by atoms with E-state index in [-0.39, 0.29) is 19.5 Å². The van der Waals surface area contributed by atoms with Crippen LogP contribution in [-0.2, 0) is 11.2 Å². The first-order valence-electron chi connectivity index (χ1n) is 6.03. The van der Waals surface area contributed by atoms with Gasteiger partial charge < -0.3 is 20.8 Å². The van der Waals surface area contributed by atoms with Crippen molar-refractivity contribution in [3.05, 3.63) is 35.9 Å². The van der Waals surface area contributed by atoms with Crippen molar-refractivity contribution in [2.75, 3.05) is 13.1 Å². The summed E-state index contributed by atoms with van der Waals surface area (Å²) in [6.45, 7) is 0.184. The molecule has 0 heterocycles. The number of hydrogen-bond donors (Lipinski definition) is 4. The van der Waals surface area contributed by atoms with E-state index in [2.05, 4.69) is 10.6 Å². The second-order valence-electron chi connectivity index (χ2n) is 4.12. The van der Waals surface area contributed by atoms with Crippen molar-refractivity contribution in [2.45, 2.75) is 18.9 Å². The molecule has 0 aliphatic heterocycles. The van der Waals surface area contributed by atoms with E-state index in [1.54, 1.807) is 0 Å². The Hall–Kier alpha value is -2.08. The molecule has 1 atom stereocenters. The third-order valence-electron chi connectivity index (χ3n) is 2.44. The van der Waals surface area contributed by atoms with E-state index < -0.39 is 18.1 Å². The molecule has 6 nitrogen and oxygen atoms in total. The monoisotopic (exact) mass is 266 g/mol. The summed E-state index contributed by atoms with van der Waals surface area (Å²) in [6.07, 6.45) is -0.344. The summed E-state index contributed by atoms with van der Waals surface area (Å²) in [6, 6.07) is 8.98. The lowest BCUT2D eigenvalue weighted by atomic mass is 10.1. The van der Waals surface area contributed by atoms with Gasteiger partial charge in [0.15, 0.2) is 0 Å². The van der Waals surface area contributed by atoms with Crippen LogP contribution in [0, 0.1) is 0 Å². The topological polar surface area (TPSA) is 98.7 Å². The molecular formula is C13H18N2O4. The predicted molar refractivity (Wildman–Crippen MR) is 69.8 cm³/mol. The number of carboxylic acid groups (broad SMARTS) is 1. The first-order chi connectivity index (χ1) is 9.08. The predicted octanol–water partition coefficient (Wildman–Crippen LogP) is 0.364. The summed E-state index contributed by atoms with van der Waals surface area (Å²) in [5.41, 5.74) is 0.989. The molecule has 1 aromatic rings. The summed E-state index contributed by atoms with van der Waals surface area (Å²) >= 11 is 0. The third kappa shape index (κ3) is 7.05. The van der Waals surface area contributed by atoms with Crippen LogP contribution < -0.4 is 10.6 Å². The Balaban J connectivity index is 2.17. The van der Waals surface area contributed by atoms with Gasteiger partial charge in [0.05, 0.1) is 12.5 Å². The molecule has 0 spiro atoms. The average Bonchev–Trinajstić information content (AvgIpc) is 2.37. The molecule has 1 unspecified atom stereocenters. The fourth-order valence-corrected chi connectivity index (χ4v) is 1.51. The number of aliphatic hydroxyl groups is 1. The molecule has 0 aliphatic rings. The van der Waals surface area contributed by atoms with E-state index in [4.69, 9.17) is 5.11 Å². The molecule has 1 rings (SSSR count). The number of carboxylic acids is 1. The average molecular weight is 266 g/mol. The van der Waals surface area contributed by atoms with E-state index in [1.807, 2.05) is 30.3 Å². The maximum Gasteiger partial charge on any atom is 0.314 e. The number of hydrogen-bond acceptors (Lipinski definition) is 3. The Kier molecular flexibility index (Phi) is 6.38. The minimum Gasteiger partial charge on any atom is -0.481 e. The molecule has 1 aromatic carbocycles. The lowest BCUT2D eigenvalue weighted by Crippen LogP contribution is -2.40. The number of urea groups is 1. The van der Waals surface area contributed by atoms with Gasteiger partial charge >= 0.3 is 12.0 Å². The highest BCUT2D eigenvalue weighted by atomic mass is 16.4. The molecule has 0 fully saturated rings. The first-order valence-corrected chi connectivity index (χ1v) is 6.03. The van der Waals surface area contributed by atoms with Crippen molar-refractivity contribution in [3.63, 3.8) is 0 Å². The van der Waals surface area contributed by atoms with Gasteiger partial charge in [0, 0.05) is 19.5 Å². The van der Waals surface area contributed by atoms with Gasteiger partial charge in [0.2, 0.25) is 0 Å². The molecule has 0 saturated carbocycles. The summed E-state index contributed by atoms with van der Waals surface area (Å²) < 4.78 is 0. The highest BCUT2D eigenvalue weighted by Gasteiger charge is 2.07. The van der Waals surface area contributed by atoms with Crippen LogP contribution in [0.2, 0.25) is 0 Å². The number of amides is 2. The quantitative estimate of drug-likeness (QED) is 0.573. The molecule has 19 heavy (non-hydrogen) atoms. The Morgan fingerprint density at radius 2 is 1.84 bits per heavy atom. The maximum absolute atomic E-state index is 11.3. The van der Waals surface area contributed by atoms with E-state index >= 15 is 0 Å². The van der Waals surface area contributed by atoms with Crippen molar-refractivity contribution in [3.8, 4) is 0 Å². The fraction of sp³-hybridized carbons (Fsp3) is 0.385. The molecule has 0 saturated heterocycles. The van der Waals surface area contributed by atoms with Crippen LogP contribution in [-0.4, -0.2) is 41.4 Å². The number of aliphatic carboxylic acids is 1. The Morgan fingerprint density at radius 3 is 2.47 bits per heavy atom. The Labute approximate surface area is 111 Å². The van der Waals surface area contributed by atoms with Gasteiger partial charge in [-0.25, -0.2) is 4.79 Å². The number of carbonyl (C=O) groups is 2. The lowest BCUT2D eigenvalue weighted by molar-refractivity contribution is -0.136. The first kappa shape index (κ1) is 15.0. The summed E-state index contributed by atoms with van der Waals surface area (Å²) in [5, 5.41) is 23.0. The SMILES string of the molecule is O=C(O)CCNC(=O)NCC(O)Cc1ccccc1. The fourth-order valence-electron chi connectivity index (χ4n) is 1.51. The van der Waals surface area contributed by atoms with Crippen LogP contribution in [0.15, 0.2) is 30.3 Å². The zero-order valence-electron chi connectivity index (χ0n) is 10.5. The third-order valence-corrected chi connectivity index (χ3v) is 2.44. The van der Waals surface area contributed by atoms with Gasteiger partial charge in [-0.1, -0.05) is 30.3 Å². The van der Waals surface area contributed by atoms with Gasteiger partial charge in [-0.15, -0.1) is 0 Å². The molecular weight excluding hydrogens is 248 g/mol. The Morgan fingerprint density at radius 1 is 1.16 bits per heavy atom. The lowest BCUT2D eigenvalue weighted by Gasteiger charge is -2.12. The highest BCUT2D eigenvalue weighted by molar-refractivity contribution is 5.74. The van der Waals surface area contributed by atoms with E-state index in [0.717, 1.165) is 5.56 Å². The smallest absolute Gasteiger partial charge is 0.314 e. The molecule has 2 amide bonds. The van der Waals surface area contributed by atoms with Crippen molar-refractivity contribution >= 4 is 12.0 Å². The van der Waals surface area contributed by atoms with Crippen molar-refractivity contribution in [2.24, 2.45) is 0 Å². The van der Waals surface area contributed by atoms with Crippen molar-refractivity contribution in [1.29, 1.82) is 0 Å². The standard InChI is InChI=1S/C13H18N2O4/c16-11(8-10-4-2-1-3-5-10)9-15-13(19)14-7-6-12(17)18/h1-5,11,16H,6-9H2,(H,17,18)(H2,14,15,19). The summed E-state index contributed by atoms with van der Waals surface area (Å²) in [7, 11) is 0. The van der Waals surface area contributed by atoms with Gasteiger partial charge in [0.25, 0.3) is 0 Å². The minimum absolute atomic E-state index is 0.0654. The minimum atomic E-state index is -0.968. The molecule has 0 aliphatic carbocycles. The van der Waals surface area contributed by atoms with Crippen molar-refractivity contribution < 1.29 is 19.8 Å². The zero-order valence-corrected chi connectivity index (χ0v) is 10.5. The molecule has 6 heteroatoms. The molecule has 4 N–H and O–H groups in total. The molecule has 0 bridgehead atoms. The number of aliphatic hydroxyl groups excluding tert-OH is 1. The van der Waals surface area contributed by atoms with Gasteiger partial charge in [-0.05, 0) is 5.56 Å². The van der Waals surface area contributed by atoms with Gasteiger partial charge in [0.1, 0.15) is 0 Å². The molecule has 0 aromatic heterocycles. The van der Waals surface area contributed by atoms with Crippen LogP contribution in [0.5, 0.6) is 0 Å². The maximum atomic E-state index is 11.3. The number of carbonyl (C=O) groups excluding carboxylic acids is 1. The normalized spacial score (nSPS) is 11.6. The number of benzene rings is 1. The Bertz CT molecular complexity index is 408. The van der Waals surface area contributed by atoms with E-state index in [0.29, 0.717) is 6.42 Å². The van der Waals surface area contributed by atoms with Crippen LogP contribution >= 0.6 is 0 Å². The summed E-state index contributed by atoms with van der Waals surface area (Å²) in [4.78, 5) is 21.5. The number of rotatable bonds is 7. The summed E-state index contributed by atoms with van der Waals surface area (Å²) in [5.74, 6) is -0.968. The van der Waals surface area contributed by atoms with Crippen LogP contribution in [0.25, 0.3) is 0 Å². The zero-order chi connectivity index (χ0) is 14.1. The number of nitrogens with one attached hydrogen (secondary N) is 2. The molecule has 0 radical (unpaired) electrons. The van der Waals surface area contributed by atoms with Gasteiger partial charge in [-0.2, -0.15) is 0 Å². The van der Waals surface area contributed by atoms with Crippen LogP contribution in [0.1, 0.15) is 12.0 Å². The van der Waals surface area contributed by atoms with E-state index in [9.17, 15) is 14.7 Å². The van der Waals surface area contributed by atoms with E-state index in [1.165, 1.54) is 0 Å². The second-order valence-corrected chi connectivity index (χ2v) is 4.12. The second kappa shape index (κ2) is 8.10. The van der Waals surface area contributed by atoms with Crippen LogP contribution in [0.3, 0.4) is 0 Å². The van der Waals surface area contributed by atoms with Crippen LogP contribution in [0.4, 0.5) is 4.79 Å². The molecule has 104 valence electrons. The van der Waals surface area contributed by atoms with Gasteiger partial charge in [-0.3, -0.25) is 4.79 Å². The van der Waals surface area contributed by atoms with Crippen molar-refractivity contribution in [1.82, 2.24) is 10.6 Å².